The van der Waals surface area contributed by atoms with Crippen LogP contribution in [0.15, 0.2) is 48.5 Å². The molecular formula is C18H16N4. The summed E-state index contributed by atoms with van der Waals surface area (Å²) in [7, 11) is 0. The van der Waals surface area contributed by atoms with Crippen LogP contribution in [-0.2, 0) is 0 Å². The summed E-state index contributed by atoms with van der Waals surface area (Å²) in [6, 6.07) is 16.1. The fraction of sp³-hybridized carbons (Fsp3) is 0.111. The maximum Gasteiger partial charge on any atom is 0.142 e. The summed E-state index contributed by atoms with van der Waals surface area (Å²) in [5.74, 6) is 0.834. The van der Waals surface area contributed by atoms with Gasteiger partial charge in [-0.1, -0.05) is 24.3 Å². The molecule has 2 aromatic carbocycles. The third-order valence-corrected chi connectivity index (χ3v) is 3.88. The molecule has 0 saturated heterocycles. The molecule has 0 unspecified atom stereocenters. The zero-order chi connectivity index (χ0) is 15.1. The third-order valence-electron chi connectivity index (χ3n) is 3.88. The van der Waals surface area contributed by atoms with Gasteiger partial charge in [-0.2, -0.15) is 0 Å². The Balaban J connectivity index is 2.26. The van der Waals surface area contributed by atoms with E-state index in [1.165, 1.54) is 0 Å². The predicted molar refractivity (Wildman–Crippen MR) is 89.5 cm³/mol. The first-order valence-corrected chi connectivity index (χ1v) is 7.30. The van der Waals surface area contributed by atoms with Crippen LogP contribution in [0.3, 0.4) is 0 Å². The molecule has 4 nitrogen and oxygen atoms in total. The quantitative estimate of drug-likeness (QED) is 0.507. The number of rotatable bonds is 0. The van der Waals surface area contributed by atoms with Gasteiger partial charge in [0.15, 0.2) is 0 Å². The Hall–Kier alpha value is -2.88. The number of hydrogen-bond acceptors (Lipinski definition) is 2. The number of nitrogens with one attached hydrogen (secondary N) is 2. The predicted octanol–water partition coefficient (Wildman–Crippen LogP) is 4.29. The lowest BCUT2D eigenvalue weighted by atomic mass is 10.2. The van der Waals surface area contributed by atoms with Gasteiger partial charge < -0.3 is 9.97 Å². The van der Waals surface area contributed by atoms with Gasteiger partial charge in [-0.05, 0) is 38.1 Å². The molecule has 0 saturated carbocycles. The van der Waals surface area contributed by atoms with Crippen LogP contribution in [0.2, 0.25) is 0 Å². The minimum Gasteiger partial charge on any atom is -0.357 e. The molecule has 2 aliphatic rings. The minimum absolute atomic E-state index is 0.834. The molecule has 108 valence electrons. The van der Waals surface area contributed by atoms with Gasteiger partial charge in [0.1, 0.15) is 5.82 Å². The molecule has 2 heterocycles. The fourth-order valence-corrected chi connectivity index (χ4v) is 2.87. The first-order valence-electron chi connectivity index (χ1n) is 7.30. The number of nitrogens with zero attached hydrogens (tertiary/aromatic N) is 2. The summed E-state index contributed by atoms with van der Waals surface area (Å²) in [6.45, 7) is 4.08. The van der Waals surface area contributed by atoms with Gasteiger partial charge in [0.05, 0.1) is 33.3 Å². The molecular weight excluding hydrogens is 272 g/mol. The highest BCUT2D eigenvalue weighted by atomic mass is 14.9. The van der Waals surface area contributed by atoms with Crippen LogP contribution >= 0.6 is 0 Å². The van der Waals surface area contributed by atoms with Gasteiger partial charge >= 0.3 is 0 Å². The number of fused-ring (bicyclic) bond motifs is 3. The van der Waals surface area contributed by atoms with Crippen LogP contribution in [0.5, 0.6) is 0 Å². The van der Waals surface area contributed by atoms with Crippen LogP contribution in [0.4, 0.5) is 0 Å². The average molecular weight is 288 g/mol. The van der Waals surface area contributed by atoms with Crippen LogP contribution in [0.25, 0.3) is 33.5 Å². The summed E-state index contributed by atoms with van der Waals surface area (Å²) in [6.07, 6.45) is 0. The summed E-state index contributed by atoms with van der Waals surface area (Å²) in [4.78, 5) is 16.5. The van der Waals surface area contributed by atoms with Crippen molar-refractivity contribution >= 4 is 22.1 Å². The highest BCUT2D eigenvalue weighted by Crippen LogP contribution is 2.25. The van der Waals surface area contributed by atoms with Crippen LogP contribution in [0.1, 0.15) is 11.4 Å². The molecule has 0 atom stereocenters. The Morgan fingerprint density at radius 3 is 2.05 bits per heavy atom. The first kappa shape index (κ1) is 12.8. The zero-order valence-electron chi connectivity index (χ0n) is 12.5. The van der Waals surface area contributed by atoms with Crippen molar-refractivity contribution in [1.82, 2.24) is 19.9 Å². The topological polar surface area (TPSA) is 57.4 Å². The molecule has 0 spiro atoms. The van der Waals surface area contributed by atoms with Gasteiger partial charge in [0.2, 0.25) is 0 Å². The van der Waals surface area contributed by atoms with E-state index in [9.17, 15) is 0 Å². The van der Waals surface area contributed by atoms with E-state index in [1.807, 2.05) is 55.5 Å². The third kappa shape index (κ3) is 2.00. The SMILES string of the molecule is Cc1nc2ccccc2[nH]c2nc3ccccc3[nH]c(C)c1-2. The lowest BCUT2D eigenvalue weighted by molar-refractivity contribution is 1.19. The van der Waals surface area contributed by atoms with Gasteiger partial charge in [-0.25, -0.2) is 4.98 Å². The van der Waals surface area contributed by atoms with Crippen molar-refractivity contribution in [3.63, 3.8) is 0 Å². The second-order valence-corrected chi connectivity index (χ2v) is 5.44. The minimum atomic E-state index is 0.834. The molecule has 4 rings (SSSR count). The van der Waals surface area contributed by atoms with Crippen molar-refractivity contribution in [1.29, 1.82) is 0 Å². The van der Waals surface area contributed by atoms with Crippen molar-refractivity contribution in [3.8, 4) is 11.4 Å². The highest BCUT2D eigenvalue weighted by Gasteiger charge is 2.11. The Morgan fingerprint density at radius 1 is 0.727 bits per heavy atom. The second-order valence-electron chi connectivity index (χ2n) is 5.44. The van der Waals surface area contributed by atoms with Crippen LogP contribution in [0, 0.1) is 13.8 Å². The maximum absolute atomic E-state index is 4.83. The van der Waals surface area contributed by atoms with Gasteiger partial charge in [0, 0.05) is 5.69 Å². The summed E-state index contributed by atoms with van der Waals surface area (Å²) in [5.41, 5.74) is 6.86. The largest absolute Gasteiger partial charge is 0.357 e. The van der Waals surface area contributed by atoms with E-state index >= 15 is 0 Å². The van der Waals surface area contributed by atoms with Crippen LogP contribution < -0.4 is 0 Å². The van der Waals surface area contributed by atoms with E-state index < -0.39 is 0 Å². The molecule has 2 aliphatic heterocycles. The standard InChI is InChI=1S/C18H16N4/c1-11-17-12(2)20-14-8-4-6-10-16(14)22-18(17)21-15-9-5-3-7-13(15)19-11/h3-10,19H,1-2H3,(H,21,22). The van der Waals surface area contributed by atoms with Crippen molar-refractivity contribution in [2.45, 2.75) is 13.8 Å². The van der Waals surface area contributed by atoms with Gasteiger partial charge in [-0.3, -0.25) is 4.98 Å². The van der Waals surface area contributed by atoms with E-state index in [1.54, 1.807) is 0 Å². The van der Waals surface area contributed by atoms with E-state index in [-0.39, 0.29) is 0 Å². The number of aromatic amines is 2. The Kier molecular flexibility index (Phi) is 2.82. The number of para-hydroxylation sites is 4. The van der Waals surface area contributed by atoms with E-state index in [0.29, 0.717) is 0 Å². The molecule has 0 aromatic heterocycles. The summed E-state index contributed by atoms with van der Waals surface area (Å²) >= 11 is 0. The lowest BCUT2D eigenvalue weighted by Crippen LogP contribution is -1.90. The Morgan fingerprint density at radius 2 is 1.32 bits per heavy atom. The monoisotopic (exact) mass is 288 g/mol. The lowest BCUT2D eigenvalue weighted by Gasteiger charge is -2.00. The zero-order valence-corrected chi connectivity index (χ0v) is 12.5. The molecule has 22 heavy (non-hydrogen) atoms. The molecule has 4 heteroatoms. The van der Waals surface area contributed by atoms with Crippen molar-refractivity contribution in [3.05, 3.63) is 59.9 Å². The number of hydrogen-bond donors (Lipinski definition) is 2. The molecule has 0 radical (unpaired) electrons. The second kappa shape index (κ2) is 4.84. The van der Waals surface area contributed by atoms with Gasteiger partial charge in [0.25, 0.3) is 0 Å². The maximum atomic E-state index is 4.83. The first-order chi connectivity index (χ1) is 10.7. The molecule has 0 aliphatic carbocycles. The molecule has 0 bridgehead atoms. The number of aromatic nitrogens is 4. The van der Waals surface area contributed by atoms with Gasteiger partial charge in [-0.15, -0.1) is 0 Å². The highest BCUT2D eigenvalue weighted by molar-refractivity contribution is 5.81. The van der Waals surface area contributed by atoms with Crippen molar-refractivity contribution in [2.24, 2.45) is 0 Å². The van der Waals surface area contributed by atoms with E-state index in [2.05, 4.69) is 16.9 Å². The molecule has 0 fully saturated rings. The van der Waals surface area contributed by atoms with Crippen molar-refractivity contribution in [2.75, 3.05) is 0 Å². The molecule has 2 N–H and O–H groups in total. The molecule has 0 amide bonds. The number of H-pyrrole nitrogens is 2. The fourth-order valence-electron chi connectivity index (χ4n) is 2.87. The smallest absolute Gasteiger partial charge is 0.142 e. The summed E-state index contributed by atoms with van der Waals surface area (Å²) < 4.78 is 0. The Bertz CT molecular complexity index is 929. The van der Waals surface area contributed by atoms with Crippen molar-refractivity contribution < 1.29 is 0 Å². The van der Waals surface area contributed by atoms with E-state index in [0.717, 1.165) is 44.8 Å². The summed E-state index contributed by atoms with van der Waals surface area (Å²) in [5, 5.41) is 0. The normalized spacial score (nSPS) is 11.2. The Labute approximate surface area is 127 Å². The number of aryl methyl sites for hydroxylation is 2. The van der Waals surface area contributed by atoms with E-state index in [4.69, 9.17) is 9.97 Å². The molecule has 2 aromatic rings. The number of benzene rings is 2. The van der Waals surface area contributed by atoms with Crippen LogP contribution in [-0.4, -0.2) is 19.9 Å². The average Bonchev–Trinajstić information content (AvgIpc) is 2.73.